The number of nitrogens with zero attached hydrogens (tertiary/aromatic N) is 1. The molecule has 0 amide bonds. The summed E-state index contributed by atoms with van der Waals surface area (Å²) in [6, 6.07) is 0. The molecule has 0 aliphatic carbocycles. The lowest BCUT2D eigenvalue weighted by Gasteiger charge is -2.53. The molecule has 0 aromatic heterocycles. The van der Waals surface area contributed by atoms with Gasteiger partial charge in [0.2, 0.25) is 0 Å². The Morgan fingerprint density at radius 1 is 0.179 bits per heavy atom. The molecular formula is C76H156ClN. The van der Waals surface area contributed by atoms with Gasteiger partial charge in [-0.3, -0.25) is 0 Å². The largest absolute Gasteiger partial charge is 1.00 e. The van der Waals surface area contributed by atoms with E-state index in [2.05, 4.69) is 41.5 Å². The van der Waals surface area contributed by atoms with Crippen LogP contribution in [0.5, 0.6) is 0 Å². The van der Waals surface area contributed by atoms with Gasteiger partial charge in [-0.1, -0.05) is 400 Å². The van der Waals surface area contributed by atoms with Crippen LogP contribution in [0.25, 0.3) is 0 Å². The number of hydrogen-bond donors (Lipinski definition) is 0. The van der Waals surface area contributed by atoms with Gasteiger partial charge < -0.3 is 16.9 Å². The quantitative estimate of drug-likeness (QED) is 0.0421. The molecule has 0 aliphatic heterocycles. The van der Waals surface area contributed by atoms with E-state index >= 15 is 0 Å². The van der Waals surface area contributed by atoms with Crippen molar-refractivity contribution >= 4 is 0 Å². The van der Waals surface area contributed by atoms with Crippen LogP contribution in [-0.4, -0.2) is 29.7 Å². The van der Waals surface area contributed by atoms with Gasteiger partial charge in [-0.25, -0.2) is 0 Å². The minimum atomic E-state index is 0. The van der Waals surface area contributed by atoms with Gasteiger partial charge in [0, 0.05) is 12.8 Å². The van der Waals surface area contributed by atoms with E-state index < -0.39 is 0 Å². The van der Waals surface area contributed by atoms with Crippen molar-refractivity contribution in [3.8, 4) is 0 Å². The minimum absolute atomic E-state index is 0. The Kier molecular flexibility index (Phi) is 70.1. The van der Waals surface area contributed by atoms with Crippen molar-refractivity contribution in [3.05, 3.63) is 0 Å². The zero-order valence-electron chi connectivity index (χ0n) is 56.1. The zero-order chi connectivity index (χ0) is 55.8. The Hall–Kier alpha value is 0.250. The molecule has 0 bridgehead atoms. The average molecular weight is 1120 g/mol. The molecule has 0 fully saturated rings. The summed E-state index contributed by atoms with van der Waals surface area (Å²) in [6.07, 6.45) is 97.2. The molecule has 0 N–H and O–H groups in total. The Labute approximate surface area is 504 Å². The number of halogens is 1. The predicted octanol–water partition coefficient (Wildman–Crippen LogP) is 25.4. The SMILES string of the molecule is CCCCCCCCCCCCCCCCCCC(C)(CCCCCCCCCCCCCCCCCC)[N+](CC)(CCCCCCCCCCCCCCCCCC)CCCCCCCCCCCCCCCCCC.[Cl-]. The van der Waals surface area contributed by atoms with Crippen LogP contribution in [-0.2, 0) is 0 Å². The Morgan fingerprint density at radius 3 is 0.449 bits per heavy atom. The smallest absolute Gasteiger partial charge is 0.0963 e. The Bertz CT molecular complexity index is 966. The maximum atomic E-state index is 2.85. The first-order valence-electron chi connectivity index (χ1n) is 37.9. The lowest BCUT2D eigenvalue weighted by molar-refractivity contribution is -0.974. The van der Waals surface area contributed by atoms with Gasteiger partial charge in [0.05, 0.1) is 25.2 Å². The zero-order valence-corrected chi connectivity index (χ0v) is 56.9. The van der Waals surface area contributed by atoms with Crippen LogP contribution in [0.3, 0.4) is 0 Å². The summed E-state index contributed by atoms with van der Waals surface area (Å²) in [7, 11) is 0. The molecule has 1 nitrogen and oxygen atoms in total. The predicted molar refractivity (Wildman–Crippen MR) is 356 cm³/mol. The van der Waals surface area contributed by atoms with Crippen LogP contribution in [0.4, 0.5) is 0 Å². The van der Waals surface area contributed by atoms with Gasteiger partial charge in [-0.15, -0.1) is 0 Å². The van der Waals surface area contributed by atoms with Crippen molar-refractivity contribution in [3.63, 3.8) is 0 Å². The lowest BCUT2D eigenvalue weighted by Crippen LogP contribution is -3.00. The molecule has 0 saturated heterocycles. The van der Waals surface area contributed by atoms with Crippen molar-refractivity contribution in [1.82, 2.24) is 0 Å². The second kappa shape index (κ2) is 68.0. The minimum Gasteiger partial charge on any atom is -1.00 e. The molecule has 2 heteroatoms. The van der Waals surface area contributed by atoms with Crippen molar-refractivity contribution in [1.29, 1.82) is 0 Å². The first-order chi connectivity index (χ1) is 38.1. The van der Waals surface area contributed by atoms with Crippen LogP contribution in [0.1, 0.15) is 465 Å². The van der Waals surface area contributed by atoms with Gasteiger partial charge in [0.15, 0.2) is 0 Å². The van der Waals surface area contributed by atoms with Crippen LogP contribution in [0.15, 0.2) is 0 Å². The van der Waals surface area contributed by atoms with Crippen LogP contribution in [0, 0.1) is 0 Å². The molecular weight excluding hydrogens is 962 g/mol. The van der Waals surface area contributed by atoms with Gasteiger partial charge >= 0.3 is 0 Å². The highest BCUT2D eigenvalue weighted by atomic mass is 35.5. The number of unbranched alkanes of at least 4 members (excludes halogenated alkanes) is 60. The summed E-state index contributed by atoms with van der Waals surface area (Å²) >= 11 is 0. The number of hydrogen-bond acceptors (Lipinski definition) is 0. The maximum Gasteiger partial charge on any atom is 0.0963 e. The molecule has 0 spiro atoms. The number of rotatable bonds is 70. The van der Waals surface area contributed by atoms with Crippen LogP contribution < -0.4 is 12.4 Å². The van der Waals surface area contributed by atoms with Gasteiger partial charge in [0.25, 0.3) is 0 Å². The van der Waals surface area contributed by atoms with E-state index in [9.17, 15) is 0 Å². The molecule has 0 aromatic rings. The van der Waals surface area contributed by atoms with E-state index in [1.807, 2.05) is 0 Å². The van der Waals surface area contributed by atoms with Crippen molar-refractivity contribution in [2.45, 2.75) is 471 Å². The fourth-order valence-corrected chi connectivity index (χ4v) is 14.0. The maximum absolute atomic E-state index is 2.85. The molecule has 0 saturated carbocycles. The van der Waals surface area contributed by atoms with Gasteiger partial charge in [0.1, 0.15) is 0 Å². The van der Waals surface area contributed by atoms with E-state index in [0.717, 1.165) is 0 Å². The average Bonchev–Trinajstić information content (AvgIpc) is 3.44. The summed E-state index contributed by atoms with van der Waals surface area (Å²) in [5, 5.41) is 0. The molecule has 78 heavy (non-hydrogen) atoms. The van der Waals surface area contributed by atoms with Crippen LogP contribution in [0.2, 0.25) is 0 Å². The monoisotopic (exact) mass is 1120 g/mol. The highest BCUT2D eigenvalue weighted by Crippen LogP contribution is 2.38. The van der Waals surface area contributed by atoms with Crippen molar-refractivity contribution in [2.24, 2.45) is 0 Å². The second-order valence-electron chi connectivity index (χ2n) is 27.1. The summed E-state index contributed by atoms with van der Waals surface area (Å²) in [5.41, 5.74) is 0.450. The highest BCUT2D eigenvalue weighted by molar-refractivity contribution is 4.79. The normalized spacial score (nSPS) is 12.1. The molecule has 0 rings (SSSR count). The molecule has 472 valence electrons. The third-order valence-electron chi connectivity index (χ3n) is 19.8. The van der Waals surface area contributed by atoms with E-state index in [-0.39, 0.29) is 12.4 Å². The van der Waals surface area contributed by atoms with Gasteiger partial charge in [-0.05, 0) is 52.4 Å². The summed E-state index contributed by atoms with van der Waals surface area (Å²) in [4.78, 5) is 0. The summed E-state index contributed by atoms with van der Waals surface area (Å²) < 4.78 is 1.45. The summed E-state index contributed by atoms with van der Waals surface area (Å²) in [6.45, 7) is 19.1. The van der Waals surface area contributed by atoms with Crippen LogP contribution >= 0.6 is 0 Å². The standard InChI is InChI=1S/C76H156N.ClH/c1-7-12-16-20-24-28-32-36-40-44-48-52-56-60-64-68-72-76(6,73-69-65-61-57-53-49-45-41-37-33-29-25-21-17-13-8-2)77(11-5,74-70-66-62-58-54-50-46-42-38-34-30-26-22-18-14-9-3)75-71-67-63-59-55-51-47-43-39-35-31-27-23-19-15-10-4;/h7-75H2,1-6H3;1H/q+1;/p-1. The fraction of sp³-hybridized carbons (Fsp3) is 1.00. The molecule has 0 heterocycles. The topological polar surface area (TPSA) is 0 Å². The Balaban J connectivity index is 0. The highest BCUT2D eigenvalue weighted by Gasteiger charge is 2.44. The first kappa shape index (κ1) is 80.3. The Morgan fingerprint density at radius 2 is 0.308 bits per heavy atom. The molecule has 0 atom stereocenters. The second-order valence-corrected chi connectivity index (χ2v) is 27.1. The first-order valence-corrected chi connectivity index (χ1v) is 37.9. The third kappa shape index (κ3) is 55.4. The third-order valence-corrected chi connectivity index (χ3v) is 19.8. The van der Waals surface area contributed by atoms with Crippen molar-refractivity contribution < 1.29 is 16.9 Å². The molecule has 0 aromatic carbocycles. The molecule has 0 radical (unpaired) electrons. The van der Waals surface area contributed by atoms with E-state index in [0.29, 0.717) is 5.54 Å². The summed E-state index contributed by atoms with van der Waals surface area (Å²) in [5.74, 6) is 0. The van der Waals surface area contributed by atoms with Gasteiger partial charge in [-0.2, -0.15) is 0 Å². The lowest BCUT2D eigenvalue weighted by atomic mass is 9.82. The molecule has 0 unspecified atom stereocenters. The molecule has 0 aliphatic rings. The fourth-order valence-electron chi connectivity index (χ4n) is 14.0. The van der Waals surface area contributed by atoms with E-state index in [4.69, 9.17) is 0 Å². The van der Waals surface area contributed by atoms with Crippen molar-refractivity contribution in [2.75, 3.05) is 19.6 Å². The number of quaternary nitrogens is 1. The van der Waals surface area contributed by atoms with E-state index in [1.54, 1.807) is 0 Å². The van der Waals surface area contributed by atoms with E-state index in [1.165, 1.54) is 448 Å².